The lowest BCUT2D eigenvalue weighted by atomic mass is 10.1. The SMILES string of the molecule is Cc1ccc(Nc2cc(F)cc(C(=O)O)c2)cc1Cl. The molecule has 0 aromatic heterocycles. The Hall–Kier alpha value is -2.07. The molecule has 98 valence electrons. The number of aryl methyl sites for hydroxylation is 1. The summed E-state index contributed by atoms with van der Waals surface area (Å²) in [4.78, 5) is 10.8. The highest BCUT2D eigenvalue weighted by Gasteiger charge is 2.07. The number of aromatic carboxylic acids is 1. The van der Waals surface area contributed by atoms with Crippen molar-refractivity contribution in [2.24, 2.45) is 0 Å². The monoisotopic (exact) mass is 279 g/mol. The van der Waals surface area contributed by atoms with Crippen molar-refractivity contribution in [3.8, 4) is 0 Å². The van der Waals surface area contributed by atoms with Crippen LogP contribution in [0.4, 0.5) is 15.8 Å². The van der Waals surface area contributed by atoms with E-state index in [1.807, 2.05) is 13.0 Å². The molecule has 2 rings (SSSR count). The molecule has 0 bridgehead atoms. The van der Waals surface area contributed by atoms with Gasteiger partial charge in [0.2, 0.25) is 0 Å². The molecule has 0 amide bonds. The predicted molar refractivity (Wildman–Crippen MR) is 72.8 cm³/mol. The van der Waals surface area contributed by atoms with Crippen LogP contribution >= 0.6 is 11.6 Å². The Bertz CT molecular complexity index is 643. The van der Waals surface area contributed by atoms with Crippen LogP contribution in [0.15, 0.2) is 36.4 Å². The summed E-state index contributed by atoms with van der Waals surface area (Å²) in [6, 6.07) is 8.85. The molecule has 2 N–H and O–H groups in total. The maximum absolute atomic E-state index is 13.3. The first-order valence-corrected chi connectivity index (χ1v) is 5.90. The Balaban J connectivity index is 2.32. The molecule has 0 saturated heterocycles. The lowest BCUT2D eigenvalue weighted by molar-refractivity contribution is 0.0696. The summed E-state index contributed by atoms with van der Waals surface area (Å²) < 4.78 is 13.3. The summed E-state index contributed by atoms with van der Waals surface area (Å²) in [6.45, 7) is 1.87. The first kappa shape index (κ1) is 13.4. The molecule has 0 heterocycles. The first-order valence-electron chi connectivity index (χ1n) is 5.53. The van der Waals surface area contributed by atoms with Crippen molar-refractivity contribution in [1.82, 2.24) is 0 Å². The number of anilines is 2. The van der Waals surface area contributed by atoms with E-state index in [9.17, 15) is 9.18 Å². The van der Waals surface area contributed by atoms with Crippen LogP contribution < -0.4 is 5.32 Å². The third-order valence-electron chi connectivity index (χ3n) is 2.61. The molecule has 0 atom stereocenters. The molecule has 0 aliphatic rings. The number of hydrogen-bond acceptors (Lipinski definition) is 2. The van der Waals surface area contributed by atoms with Crippen molar-refractivity contribution < 1.29 is 14.3 Å². The van der Waals surface area contributed by atoms with Crippen molar-refractivity contribution in [2.75, 3.05) is 5.32 Å². The Morgan fingerprint density at radius 1 is 1.21 bits per heavy atom. The molecule has 0 saturated carbocycles. The van der Waals surface area contributed by atoms with E-state index >= 15 is 0 Å². The third-order valence-corrected chi connectivity index (χ3v) is 3.01. The van der Waals surface area contributed by atoms with Crippen molar-refractivity contribution in [2.45, 2.75) is 6.92 Å². The highest BCUT2D eigenvalue weighted by Crippen LogP contribution is 2.24. The van der Waals surface area contributed by atoms with Gasteiger partial charge in [-0.15, -0.1) is 0 Å². The molecular weight excluding hydrogens is 269 g/mol. The Morgan fingerprint density at radius 3 is 2.58 bits per heavy atom. The van der Waals surface area contributed by atoms with Crippen LogP contribution in [-0.4, -0.2) is 11.1 Å². The average molecular weight is 280 g/mol. The minimum atomic E-state index is -1.18. The summed E-state index contributed by atoms with van der Waals surface area (Å²) >= 11 is 5.98. The molecule has 2 aromatic carbocycles. The fraction of sp³-hybridized carbons (Fsp3) is 0.0714. The summed E-state index contributed by atoms with van der Waals surface area (Å²) in [6.07, 6.45) is 0. The van der Waals surface area contributed by atoms with Crippen LogP contribution in [0.3, 0.4) is 0 Å². The number of benzene rings is 2. The predicted octanol–water partition coefficient (Wildman–Crippen LogP) is 4.23. The van der Waals surface area contributed by atoms with Crippen LogP contribution in [-0.2, 0) is 0 Å². The molecule has 0 fully saturated rings. The van der Waals surface area contributed by atoms with Gasteiger partial charge in [-0.05, 0) is 42.8 Å². The van der Waals surface area contributed by atoms with Crippen LogP contribution in [0.25, 0.3) is 0 Å². The zero-order valence-corrected chi connectivity index (χ0v) is 10.8. The van der Waals surface area contributed by atoms with E-state index in [1.54, 1.807) is 12.1 Å². The number of carboxylic acids is 1. The van der Waals surface area contributed by atoms with E-state index in [2.05, 4.69) is 5.32 Å². The van der Waals surface area contributed by atoms with E-state index in [-0.39, 0.29) is 5.56 Å². The Kier molecular flexibility index (Phi) is 3.71. The van der Waals surface area contributed by atoms with Gasteiger partial charge in [-0.3, -0.25) is 0 Å². The van der Waals surface area contributed by atoms with Gasteiger partial charge >= 0.3 is 5.97 Å². The standard InChI is InChI=1S/C14H11ClFNO2/c1-8-2-3-11(7-13(8)15)17-12-5-9(14(18)19)4-10(16)6-12/h2-7,17H,1H3,(H,18,19). The summed E-state index contributed by atoms with van der Waals surface area (Å²) in [7, 11) is 0. The molecule has 19 heavy (non-hydrogen) atoms. The van der Waals surface area contributed by atoms with Gasteiger partial charge in [0.15, 0.2) is 0 Å². The quantitative estimate of drug-likeness (QED) is 0.884. The number of rotatable bonds is 3. The highest BCUT2D eigenvalue weighted by atomic mass is 35.5. The molecule has 0 aliphatic carbocycles. The van der Waals surface area contributed by atoms with Crippen molar-refractivity contribution >= 4 is 28.9 Å². The van der Waals surface area contributed by atoms with Crippen LogP contribution in [0.1, 0.15) is 15.9 Å². The molecule has 2 aromatic rings. The molecule has 3 nitrogen and oxygen atoms in total. The molecule has 0 unspecified atom stereocenters. The maximum Gasteiger partial charge on any atom is 0.335 e. The molecular formula is C14H11ClFNO2. The van der Waals surface area contributed by atoms with Gasteiger partial charge in [-0.2, -0.15) is 0 Å². The second kappa shape index (κ2) is 5.28. The van der Waals surface area contributed by atoms with Gasteiger partial charge in [0.1, 0.15) is 5.82 Å². The van der Waals surface area contributed by atoms with Crippen molar-refractivity contribution in [3.05, 3.63) is 58.4 Å². The minimum absolute atomic E-state index is 0.110. The van der Waals surface area contributed by atoms with Crippen molar-refractivity contribution in [1.29, 1.82) is 0 Å². The van der Waals surface area contributed by atoms with Crippen LogP contribution in [0.5, 0.6) is 0 Å². The van der Waals surface area contributed by atoms with Gasteiger partial charge in [0, 0.05) is 16.4 Å². The highest BCUT2D eigenvalue weighted by molar-refractivity contribution is 6.31. The molecule has 0 radical (unpaired) electrons. The van der Waals surface area contributed by atoms with E-state index in [0.29, 0.717) is 16.4 Å². The number of halogens is 2. The maximum atomic E-state index is 13.3. The van der Waals surface area contributed by atoms with E-state index in [1.165, 1.54) is 12.1 Å². The molecule has 0 spiro atoms. The zero-order valence-electron chi connectivity index (χ0n) is 10.1. The minimum Gasteiger partial charge on any atom is -0.478 e. The number of hydrogen-bond donors (Lipinski definition) is 2. The van der Waals surface area contributed by atoms with Crippen LogP contribution in [0, 0.1) is 12.7 Å². The Morgan fingerprint density at radius 2 is 1.95 bits per heavy atom. The van der Waals surface area contributed by atoms with Gasteiger partial charge in [0.25, 0.3) is 0 Å². The largest absolute Gasteiger partial charge is 0.478 e. The summed E-state index contributed by atoms with van der Waals surface area (Å²) in [5.74, 6) is -1.79. The number of carbonyl (C=O) groups is 1. The van der Waals surface area contributed by atoms with Gasteiger partial charge in [-0.25, -0.2) is 9.18 Å². The fourth-order valence-electron chi connectivity index (χ4n) is 1.62. The number of carboxylic acid groups (broad SMARTS) is 1. The fourth-order valence-corrected chi connectivity index (χ4v) is 1.80. The van der Waals surface area contributed by atoms with E-state index in [4.69, 9.17) is 16.7 Å². The number of nitrogens with one attached hydrogen (secondary N) is 1. The van der Waals surface area contributed by atoms with Crippen LogP contribution in [0.2, 0.25) is 5.02 Å². The third kappa shape index (κ3) is 3.23. The van der Waals surface area contributed by atoms with Crippen molar-refractivity contribution in [3.63, 3.8) is 0 Å². The lowest BCUT2D eigenvalue weighted by Crippen LogP contribution is -1.99. The second-order valence-corrected chi connectivity index (χ2v) is 4.53. The zero-order chi connectivity index (χ0) is 14.0. The summed E-state index contributed by atoms with van der Waals surface area (Å²) in [5, 5.41) is 12.4. The summed E-state index contributed by atoms with van der Waals surface area (Å²) in [5.41, 5.74) is 1.84. The van der Waals surface area contributed by atoms with Gasteiger partial charge in [0.05, 0.1) is 5.56 Å². The average Bonchev–Trinajstić information content (AvgIpc) is 2.33. The van der Waals surface area contributed by atoms with Gasteiger partial charge in [-0.1, -0.05) is 17.7 Å². The second-order valence-electron chi connectivity index (χ2n) is 4.12. The van der Waals surface area contributed by atoms with E-state index < -0.39 is 11.8 Å². The molecule has 5 heteroatoms. The Labute approximate surface area is 114 Å². The van der Waals surface area contributed by atoms with Gasteiger partial charge < -0.3 is 10.4 Å². The smallest absolute Gasteiger partial charge is 0.335 e. The lowest BCUT2D eigenvalue weighted by Gasteiger charge is -2.09. The normalized spacial score (nSPS) is 10.3. The van der Waals surface area contributed by atoms with E-state index in [0.717, 1.165) is 11.6 Å². The topological polar surface area (TPSA) is 49.3 Å². The molecule has 0 aliphatic heterocycles. The first-order chi connectivity index (χ1) is 8.95.